The molecule has 25 heavy (non-hydrogen) atoms. The minimum Gasteiger partial charge on any atom is -0.318 e. The van der Waals surface area contributed by atoms with Crippen LogP contribution in [0.15, 0.2) is 59.9 Å². The van der Waals surface area contributed by atoms with Crippen molar-refractivity contribution in [2.75, 3.05) is 5.32 Å². The van der Waals surface area contributed by atoms with E-state index in [-0.39, 0.29) is 11.4 Å². The van der Waals surface area contributed by atoms with E-state index in [0.29, 0.717) is 16.2 Å². The maximum absolute atomic E-state index is 13.3. The van der Waals surface area contributed by atoms with Crippen molar-refractivity contribution in [2.45, 2.75) is 4.90 Å². The van der Waals surface area contributed by atoms with Crippen LogP contribution in [0.1, 0.15) is 10.5 Å². The van der Waals surface area contributed by atoms with E-state index in [0.717, 1.165) is 18.5 Å². The Morgan fingerprint density at radius 1 is 1.12 bits per heavy atom. The number of hydrogen-bond acceptors (Lipinski definition) is 5. The predicted octanol–water partition coefficient (Wildman–Crippen LogP) is 2.05. The summed E-state index contributed by atoms with van der Waals surface area (Å²) < 4.78 is 51.5. The van der Waals surface area contributed by atoms with E-state index in [1.807, 2.05) is 0 Å². The van der Waals surface area contributed by atoms with Gasteiger partial charge >= 0.3 is 0 Å². The van der Waals surface area contributed by atoms with Gasteiger partial charge in [0, 0.05) is 6.20 Å². The molecule has 0 spiro atoms. The summed E-state index contributed by atoms with van der Waals surface area (Å²) in [5.74, 6) is -3.01. The van der Waals surface area contributed by atoms with Crippen LogP contribution in [0, 0.1) is 11.6 Å². The molecule has 10 heteroatoms. The second-order valence-corrected chi connectivity index (χ2v) is 6.65. The molecule has 0 aliphatic heterocycles. The number of pyridine rings is 1. The van der Waals surface area contributed by atoms with Crippen molar-refractivity contribution >= 4 is 21.6 Å². The summed E-state index contributed by atoms with van der Waals surface area (Å²) in [6, 6.07) is 6.93. The standard InChI is InChI=1S/C15H10F2N4O3S/c16-12-5-4-11(7-13(12)17)25(23,24)21-9-10(8-19-21)20-15(22)14-3-1-2-6-18-14/h1-9H,(H,20,22). The Bertz CT molecular complexity index is 1040. The molecule has 0 atom stereocenters. The monoisotopic (exact) mass is 364 g/mol. The van der Waals surface area contributed by atoms with Gasteiger partial charge in [0.05, 0.1) is 23.0 Å². The van der Waals surface area contributed by atoms with Gasteiger partial charge in [-0.3, -0.25) is 9.78 Å². The number of amides is 1. The van der Waals surface area contributed by atoms with E-state index in [2.05, 4.69) is 15.4 Å². The number of halogens is 2. The summed E-state index contributed by atoms with van der Waals surface area (Å²) in [4.78, 5) is 15.4. The Labute approximate surface area is 141 Å². The molecule has 0 fully saturated rings. The molecule has 0 radical (unpaired) electrons. The Morgan fingerprint density at radius 3 is 2.60 bits per heavy atom. The number of anilines is 1. The van der Waals surface area contributed by atoms with Crippen LogP contribution in [0.2, 0.25) is 0 Å². The third-order valence-electron chi connectivity index (χ3n) is 3.15. The van der Waals surface area contributed by atoms with Crippen molar-refractivity contribution < 1.29 is 22.0 Å². The fourth-order valence-corrected chi connectivity index (χ4v) is 3.07. The molecule has 3 aromatic rings. The van der Waals surface area contributed by atoms with Gasteiger partial charge in [0.2, 0.25) is 0 Å². The second-order valence-electron chi connectivity index (χ2n) is 4.85. The third kappa shape index (κ3) is 3.38. The molecule has 0 saturated heterocycles. The molecule has 0 aliphatic rings. The van der Waals surface area contributed by atoms with Crippen LogP contribution >= 0.6 is 0 Å². The van der Waals surface area contributed by atoms with E-state index < -0.39 is 32.5 Å². The Kier molecular flexibility index (Phi) is 4.28. The van der Waals surface area contributed by atoms with Gasteiger partial charge in [-0.25, -0.2) is 8.78 Å². The largest absolute Gasteiger partial charge is 0.318 e. The molecule has 2 aromatic heterocycles. The number of carbonyl (C=O) groups excluding carboxylic acids is 1. The molecule has 1 amide bonds. The van der Waals surface area contributed by atoms with Gasteiger partial charge < -0.3 is 5.32 Å². The van der Waals surface area contributed by atoms with Crippen molar-refractivity contribution in [2.24, 2.45) is 0 Å². The lowest BCUT2D eigenvalue weighted by molar-refractivity contribution is 0.102. The number of benzene rings is 1. The normalized spacial score (nSPS) is 11.3. The molecule has 0 aliphatic carbocycles. The highest BCUT2D eigenvalue weighted by molar-refractivity contribution is 7.89. The van der Waals surface area contributed by atoms with Crippen LogP contribution < -0.4 is 5.32 Å². The fourth-order valence-electron chi connectivity index (χ4n) is 1.94. The van der Waals surface area contributed by atoms with Crippen LogP contribution in [-0.4, -0.2) is 28.5 Å². The lowest BCUT2D eigenvalue weighted by Gasteiger charge is -2.04. The molecule has 3 rings (SSSR count). The van der Waals surface area contributed by atoms with Gasteiger partial charge in [0.1, 0.15) is 5.69 Å². The van der Waals surface area contributed by atoms with E-state index in [1.54, 1.807) is 12.1 Å². The smallest absolute Gasteiger partial charge is 0.283 e. The first-order chi connectivity index (χ1) is 11.9. The maximum Gasteiger partial charge on any atom is 0.283 e. The molecular formula is C15H10F2N4O3S. The van der Waals surface area contributed by atoms with Gasteiger partial charge in [-0.2, -0.15) is 17.6 Å². The summed E-state index contributed by atoms with van der Waals surface area (Å²) in [7, 11) is -4.23. The Morgan fingerprint density at radius 2 is 1.92 bits per heavy atom. The molecule has 0 bridgehead atoms. The zero-order valence-corrected chi connectivity index (χ0v) is 13.2. The third-order valence-corrected chi connectivity index (χ3v) is 4.69. The Hall–Kier alpha value is -3.14. The molecular weight excluding hydrogens is 354 g/mol. The average Bonchev–Trinajstić information content (AvgIpc) is 3.07. The predicted molar refractivity (Wildman–Crippen MR) is 83.4 cm³/mol. The Balaban J connectivity index is 1.85. The summed E-state index contributed by atoms with van der Waals surface area (Å²) in [5, 5.41) is 6.08. The van der Waals surface area contributed by atoms with Crippen LogP contribution in [0.5, 0.6) is 0 Å². The van der Waals surface area contributed by atoms with Crippen LogP contribution in [0.4, 0.5) is 14.5 Å². The van der Waals surface area contributed by atoms with Gasteiger partial charge in [-0.15, -0.1) is 0 Å². The second kappa shape index (κ2) is 6.40. The van der Waals surface area contributed by atoms with Crippen molar-refractivity contribution in [1.29, 1.82) is 0 Å². The number of nitrogens with zero attached hydrogens (tertiary/aromatic N) is 3. The number of carbonyl (C=O) groups is 1. The fraction of sp³-hybridized carbons (Fsp3) is 0. The molecule has 0 unspecified atom stereocenters. The SMILES string of the molecule is O=C(Nc1cnn(S(=O)(=O)c2ccc(F)c(F)c2)c1)c1ccccn1. The minimum absolute atomic E-state index is 0.0989. The van der Waals surface area contributed by atoms with Crippen LogP contribution in [0.3, 0.4) is 0 Å². The number of hydrogen-bond donors (Lipinski definition) is 1. The highest BCUT2D eigenvalue weighted by Crippen LogP contribution is 2.18. The summed E-state index contributed by atoms with van der Waals surface area (Å²) >= 11 is 0. The van der Waals surface area contributed by atoms with Crippen LogP contribution in [0.25, 0.3) is 0 Å². The zero-order valence-electron chi connectivity index (χ0n) is 12.4. The molecule has 1 aromatic carbocycles. The van der Waals surface area contributed by atoms with Gasteiger partial charge in [0.25, 0.3) is 15.9 Å². The lowest BCUT2D eigenvalue weighted by Crippen LogP contribution is -2.15. The first kappa shape index (κ1) is 16.7. The first-order valence-electron chi connectivity index (χ1n) is 6.85. The lowest BCUT2D eigenvalue weighted by atomic mass is 10.3. The maximum atomic E-state index is 13.3. The van der Waals surface area contributed by atoms with Crippen molar-refractivity contribution in [3.05, 3.63) is 72.3 Å². The summed E-state index contributed by atoms with van der Waals surface area (Å²) in [5.41, 5.74) is 0.237. The number of nitrogens with one attached hydrogen (secondary N) is 1. The van der Waals surface area contributed by atoms with E-state index >= 15 is 0 Å². The summed E-state index contributed by atoms with van der Waals surface area (Å²) in [6.45, 7) is 0. The topological polar surface area (TPSA) is 94.0 Å². The first-order valence-corrected chi connectivity index (χ1v) is 8.29. The zero-order chi connectivity index (χ0) is 18.0. The van der Waals surface area contributed by atoms with E-state index in [1.165, 1.54) is 12.3 Å². The van der Waals surface area contributed by atoms with E-state index in [9.17, 15) is 22.0 Å². The minimum atomic E-state index is -4.23. The quantitative estimate of drug-likeness (QED) is 0.765. The van der Waals surface area contributed by atoms with Gasteiger partial charge in [-0.05, 0) is 30.3 Å². The molecule has 1 N–H and O–H groups in total. The molecule has 7 nitrogen and oxygen atoms in total. The van der Waals surface area contributed by atoms with Crippen LogP contribution in [-0.2, 0) is 10.0 Å². The van der Waals surface area contributed by atoms with E-state index in [4.69, 9.17) is 0 Å². The molecule has 0 saturated carbocycles. The van der Waals surface area contributed by atoms with Crippen molar-refractivity contribution in [3.63, 3.8) is 0 Å². The van der Waals surface area contributed by atoms with Crippen molar-refractivity contribution in [1.82, 2.24) is 14.2 Å². The average molecular weight is 364 g/mol. The molecule has 128 valence electrons. The van der Waals surface area contributed by atoms with Gasteiger partial charge in [0.15, 0.2) is 11.6 Å². The van der Waals surface area contributed by atoms with Gasteiger partial charge in [-0.1, -0.05) is 6.07 Å². The van der Waals surface area contributed by atoms with Crippen molar-refractivity contribution in [3.8, 4) is 0 Å². The highest BCUT2D eigenvalue weighted by atomic mass is 32.2. The highest BCUT2D eigenvalue weighted by Gasteiger charge is 2.20. The summed E-state index contributed by atoms with van der Waals surface area (Å²) in [6.07, 6.45) is 3.58. The number of aromatic nitrogens is 3. The molecule has 2 heterocycles. The number of rotatable bonds is 4.